The highest BCUT2D eigenvalue weighted by Crippen LogP contribution is 2.31. The van der Waals surface area contributed by atoms with Crippen molar-refractivity contribution in [2.24, 2.45) is 0 Å². The summed E-state index contributed by atoms with van der Waals surface area (Å²) in [5.41, 5.74) is 0. The Balaban J connectivity index is 1.56. The molecule has 0 aromatic carbocycles. The predicted octanol–water partition coefficient (Wildman–Crippen LogP) is 19.6. The Morgan fingerprint density at radius 3 is 0.948 bits per heavy atom. The lowest BCUT2D eigenvalue weighted by Gasteiger charge is -2.46. The molecule has 2 aliphatic heterocycles. The Hall–Kier alpha value is -1.27. The summed E-state index contributed by atoms with van der Waals surface area (Å²) >= 11 is 0. The number of hydrogen-bond acceptors (Lipinski definition) is 13. The zero-order valence-corrected chi connectivity index (χ0v) is 63.4. The summed E-state index contributed by atoms with van der Waals surface area (Å²) in [6.07, 6.45) is 70.4. The topological polar surface area (TPSA) is 228 Å². The highest BCUT2D eigenvalue weighted by molar-refractivity contribution is 5.76. The Morgan fingerprint density at radius 2 is 0.639 bits per heavy atom. The van der Waals surface area contributed by atoms with Crippen LogP contribution in [0.5, 0.6) is 0 Å². The highest BCUT2D eigenvalue weighted by Gasteiger charge is 2.51. The Kier molecular flexibility index (Phi) is 64.2. The minimum absolute atomic E-state index is 0.228. The van der Waals surface area contributed by atoms with E-state index < -0.39 is 86.8 Å². The summed E-state index contributed by atoms with van der Waals surface area (Å²) in [6.45, 7) is 2.88. The zero-order valence-electron chi connectivity index (χ0n) is 63.4. The van der Waals surface area contributed by atoms with E-state index in [-0.39, 0.29) is 18.9 Å². The number of unbranched alkanes of at least 4 members (excludes halogenated alkanes) is 60. The van der Waals surface area contributed by atoms with Crippen LogP contribution in [-0.2, 0) is 23.7 Å². The number of carbonyl (C=O) groups is 1. The van der Waals surface area contributed by atoms with Crippen LogP contribution >= 0.6 is 0 Å². The number of amides is 1. The molecule has 97 heavy (non-hydrogen) atoms. The fourth-order valence-electron chi connectivity index (χ4n) is 14.5. The molecule has 14 heteroatoms. The molecule has 0 aromatic heterocycles. The van der Waals surface area contributed by atoms with Crippen LogP contribution in [0, 0.1) is 0 Å². The van der Waals surface area contributed by atoms with Gasteiger partial charge < -0.3 is 65.1 Å². The van der Waals surface area contributed by atoms with Crippen molar-refractivity contribution in [3.8, 4) is 0 Å². The predicted molar refractivity (Wildman–Crippen MR) is 402 cm³/mol. The first kappa shape index (κ1) is 91.8. The van der Waals surface area contributed by atoms with Crippen LogP contribution in [0.1, 0.15) is 418 Å². The van der Waals surface area contributed by atoms with Crippen molar-refractivity contribution in [2.45, 2.75) is 492 Å². The van der Waals surface area contributed by atoms with Gasteiger partial charge in [-0.1, -0.05) is 405 Å². The van der Waals surface area contributed by atoms with Crippen molar-refractivity contribution < 1.29 is 64.6 Å². The molecule has 0 aromatic rings. The number of aliphatic hydroxyl groups excluding tert-OH is 8. The van der Waals surface area contributed by atoms with Gasteiger partial charge >= 0.3 is 0 Å². The van der Waals surface area contributed by atoms with Gasteiger partial charge in [0.15, 0.2) is 12.6 Å². The number of aliphatic hydroxyl groups is 8. The molecule has 2 fully saturated rings. The Morgan fingerprint density at radius 1 is 0.361 bits per heavy atom. The third kappa shape index (κ3) is 50.7. The van der Waals surface area contributed by atoms with Gasteiger partial charge in [0.1, 0.15) is 48.8 Å². The molecule has 2 rings (SSSR count). The molecule has 2 saturated heterocycles. The molecular weight excluding hydrogens is 1220 g/mol. The van der Waals surface area contributed by atoms with E-state index in [2.05, 4.69) is 19.2 Å². The fraction of sp³-hybridized carbons (Fsp3) is 0.964. The smallest absolute Gasteiger partial charge is 0.220 e. The molecular formula is C83H161NO13. The van der Waals surface area contributed by atoms with Crippen molar-refractivity contribution in [3.63, 3.8) is 0 Å². The van der Waals surface area contributed by atoms with Crippen molar-refractivity contribution in [1.29, 1.82) is 0 Å². The first-order valence-electron chi connectivity index (χ1n) is 42.4. The van der Waals surface area contributed by atoms with Crippen molar-refractivity contribution in [3.05, 3.63) is 12.2 Å². The maximum Gasteiger partial charge on any atom is 0.220 e. The van der Waals surface area contributed by atoms with Crippen LogP contribution < -0.4 is 5.32 Å². The van der Waals surface area contributed by atoms with E-state index in [0.717, 1.165) is 44.9 Å². The standard InChI is InChI=1S/C83H161NO13/c1-3-5-7-9-11-13-15-17-19-21-23-25-27-29-30-31-32-33-34-35-36-37-38-39-40-41-42-43-45-47-49-51-53-55-57-59-61-63-65-67-75(88)84-71(70-94-82-80(93)78(91)81(74(69-86)96-82)97-83-79(92)77(90)76(89)73(68-85)95-83)72(87)66-64-62-60-58-56-54-52-50-48-46-44-28-26-24-22-20-18-16-14-12-10-8-6-4-2/h64,66,71-74,76-83,85-87,89-93H,3-63,65,67-70H2,1-2H3,(H,84,88)/b66-64+. The molecule has 12 unspecified atom stereocenters. The summed E-state index contributed by atoms with van der Waals surface area (Å²) < 4.78 is 22.9. The summed E-state index contributed by atoms with van der Waals surface area (Å²) in [5.74, 6) is -0.228. The Bertz CT molecular complexity index is 1680. The Labute approximate surface area is 596 Å². The molecule has 1 amide bonds. The monoisotopic (exact) mass is 1380 g/mol. The molecule has 576 valence electrons. The minimum Gasteiger partial charge on any atom is -0.394 e. The molecule has 0 saturated carbocycles. The number of allylic oxidation sites excluding steroid dienone is 1. The third-order valence-corrected chi connectivity index (χ3v) is 21.2. The lowest BCUT2D eigenvalue weighted by Crippen LogP contribution is -2.65. The highest BCUT2D eigenvalue weighted by atomic mass is 16.7. The number of hydrogen-bond donors (Lipinski definition) is 9. The number of rotatable bonds is 73. The summed E-state index contributed by atoms with van der Waals surface area (Å²) in [6, 6.07) is -0.912. The van der Waals surface area contributed by atoms with E-state index in [4.69, 9.17) is 18.9 Å². The summed E-state index contributed by atoms with van der Waals surface area (Å²) in [4.78, 5) is 13.4. The maximum atomic E-state index is 13.4. The zero-order chi connectivity index (χ0) is 70.1. The van der Waals surface area contributed by atoms with Gasteiger partial charge in [0.2, 0.25) is 5.91 Å². The van der Waals surface area contributed by atoms with E-state index in [0.29, 0.717) is 0 Å². The number of ether oxygens (including phenoxy) is 4. The fourth-order valence-corrected chi connectivity index (χ4v) is 14.5. The third-order valence-electron chi connectivity index (χ3n) is 21.2. The first-order chi connectivity index (χ1) is 47.6. The molecule has 0 spiro atoms. The van der Waals surface area contributed by atoms with Crippen molar-refractivity contribution >= 4 is 5.91 Å². The van der Waals surface area contributed by atoms with Crippen LogP contribution in [0.2, 0.25) is 0 Å². The van der Waals surface area contributed by atoms with Crippen LogP contribution in [0.4, 0.5) is 0 Å². The van der Waals surface area contributed by atoms with Crippen molar-refractivity contribution in [1.82, 2.24) is 5.32 Å². The molecule has 0 radical (unpaired) electrons. The van der Waals surface area contributed by atoms with E-state index in [9.17, 15) is 45.6 Å². The largest absolute Gasteiger partial charge is 0.394 e. The second kappa shape index (κ2) is 67.9. The number of nitrogens with one attached hydrogen (secondary N) is 1. The second-order valence-electron chi connectivity index (χ2n) is 30.3. The minimum atomic E-state index is -1.79. The van der Waals surface area contributed by atoms with Gasteiger partial charge in [-0.2, -0.15) is 0 Å². The molecule has 9 N–H and O–H groups in total. The quantitative estimate of drug-likeness (QED) is 0.0204. The lowest BCUT2D eigenvalue weighted by molar-refractivity contribution is -0.359. The molecule has 0 bridgehead atoms. The molecule has 14 nitrogen and oxygen atoms in total. The van der Waals surface area contributed by atoms with E-state index in [1.165, 1.54) is 353 Å². The number of carbonyl (C=O) groups excluding carboxylic acids is 1. The summed E-state index contributed by atoms with van der Waals surface area (Å²) in [5, 5.41) is 87.7. The summed E-state index contributed by atoms with van der Waals surface area (Å²) in [7, 11) is 0. The molecule has 12 atom stereocenters. The SMILES string of the molecule is CCCCCCCCCCCCCCCCCCCCCCCC/C=C/C(O)C(COC1OC(CO)C(OC2OC(CO)C(O)C(O)C2O)C(O)C1O)NC(=O)CCCCCCCCCCCCCCCCCCCCCCCCCCCCCCCCCCCCCCCCC. The van der Waals surface area contributed by atoms with Crippen LogP contribution in [0.25, 0.3) is 0 Å². The average Bonchev–Trinajstić information content (AvgIpc) is 0.793. The van der Waals surface area contributed by atoms with Gasteiger partial charge in [-0.15, -0.1) is 0 Å². The van der Waals surface area contributed by atoms with E-state index in [1.54, 1.807) is 6.08 Å². The normalized spacial score (nSPS) is 22.1. The van der Waals surface area contributed by atoms with Gasteiger partial charge in [0.25, 0.3) is 0 Å². The van der Waals surface area contributed by atoms with Crippen LogP contribution in [0.3, 0.4) is 0 Å². The van der Waals surface area contributed by atoms with Gasteiger partial charge in [0, 0.05) is 6.42 Å². The lowest BCUT2D eigenvalue weighted by atomic mass is 9.97. The maximum absolute atomic E-state index is 13.4. The molecule has 0 aliphatic carbocycles. The van der Waals surface area contributed by atoms with Crippen LogP contribution in [0.15, 0.2) is 12.2 Å². The van der Waals surface area contributed by atoms with E-state index in [1.807, 2.05) is 6.08 Å². The molecule has 2 aliphatic rings. The van der Waals surface area contributed by atoms with Crippen LogP contribution in [-0.4, -0.2) is 140 Å². The average molecular weight is 1380 g/mol. The first-order valence-corrected chi connectivity index (χ1v) is 42.4. The van der Waals surface area contributed by atoms with Gasteiger partial charge in [-0.25, -0.2) is 0 Å². The van der Waals surface area contributed by atoms with Gasteiger partial charge in [-0.3, -0.25) is 4.79 Å². The second-order valence-corrected chi connectivity index (χ2v) is 30.3. The van der Waals surface area contributed by atoms with Crippen molar-refractivity contribution in [2.75, 3.05) is 19.8 Å². The molecule has 2 heterocycles. The van der Waals surface area contributed by atoms with Gasteiger partial charge in [0.05, 0.1) is 32.0 Å². The van der Waals surface area contributed by atoms with E-state index >= 15 is 0 Å². The van der Waals surface area contributed by atoms with Gasteiger partial charge in [-0.05, 0) is 19.3 Å².